The van der Waals surface area contributed by atoms with Crippen LogP contribution in [-0.4, -0.2) is 11.0 Å². The number of nitro groups is 1. The van der Waals surface area contributed by atoms with Crippen molar-refractivity contribution in [1.29, 1.82) is 0 Å². The monoisotopic (exact) mass is 350 g/mol. The fourth-order valence-corrected chi connectivity index (χ4v) is 2.54. The molecule has 6 heteroatoms. The van der Waals surface area contributed by atoms with Gasteiger partial charge >= 0.3 is 0 Å². The van der Waals surface area contributed by atoms with E-state index in [1.54, 1.807) is 22.6 Å². The van der Waals surface area contributed by atoms with Gasteiger partial charge in [0.1, 0.15) is 11.5 Å². The third-order valence-corrected chi connectivity index (χ3v) is 3.78. The SMILES string of the molecule is O=[N+]([O-])c1cc(I)c(F)cc1NC1CCCC1. The summed E-state index contributed by atoms with van der Waals surface area (Å²) in [6, 6.07) is 2.72. The number of halogens is 2. The zero-order valence-corrected chi connectivity index (χ0v) is 11.2. The summed E-state index contributed by atoms with van der Waals surface area (Å²) < 4.78 is 13.7. The Hall–Kier alpha value is -0.920. The molecule has 0 bridgehead atoms. The van der Waals surface area contributed by atoms with E-state index in [9.17, 15) is 14.5 Å². The molecule has 0 atom stereocenters. The Morgan fingerprint density at radius 1 is 1.41 bits per heavy atom. The molecule has 1 aromatic carbocycles. The van der Waals surface area contributed by atoms with Crippen LogP contribution in [0.5, 0.6) is 0 Å². The number of nitrogens with one attached hydrogen (secondary N) is 1. The Kier molecular flexibility index (Phi) is 3.80. The van der Waals surface area contributed by atoms with Crippen LogP contribution in [0.3, 0.4) is 0 Å². The second-order valence-corrected chi connectivity index (χ2v) is 5.33. The summed E-state index contributed by atoms with van der Waals surface area (Å²) in [5, 5.41) is 14.0. The van der Waals surface area contributed by atoms with Gasteiger partial charge in [-0.3, -0.25) is 10.1 Å². The zero-order chi connectivity index (χ0) is 12.4. The second-order valence-electron chi connectivity index (χ2n) is 4.17. The van der Waals surface area contributed by atoms with E-state index in [2.05, 4.69) is 5.32 Å². The molecular formula is C11H12FIN2O2. The van der Waals surface area contributed by atoms with E-state index in [4.69, 9.17) is 0 Å². The van der Waals surface area contributed by atoms with Gasteiger partial charge in [0.2, 0.25) is 0 Å². The molecule has 1 aromatic rings. The van der Waals surface area contributed by atoms with E-state index in [0.29, 0.717) is 5.69 Å². The van der Waals surface area contributed by atoms with Crippen molar-refractivity contribution in [2.75, 3.05) is 5.32 Å². The summed E-state index contributed by atoms with van der Waals surface area (Å²) in [4.78, 5) is 10.4. The molecule has 0 aliphatic heterocycles. The molecule has 1 N–H and O–H groups in total. The van der Waals surface area contributed by atoms with Gasteiger partial charge in [-0.2, -0.15) is 0 Å². The van der Waals surface area contributed by atoms with Crippen LogP contribution >= 0.6 is 22.6 Å². The van der Waals surface area contributed by atoms with Gasteiger partial charge in [-0.05, 0) is 35.4 Å². The first-order valence-electron chi connectivity index (χ1n) is 5.48. The molecule has 0 heterocycles. The maximum absolute atomic E-state index is 13.4. The van der Waals surface area contributed by atoms with E-state index in [1.807, 2.05) is 0 Å². The predicted molar refractivity (Wildman–Crippen MR) is 71.7 cm³/mol. The van der Waals surface area contributed by atoms with Gasteiger partial charge in [0.25, 0.3) is 5.69 Å². The minimum absolute atomic E-state index is 0.0531. The van der Waals surface area contributed by atoms with Crippen molar-refractivity contribution in [3.63, 3.8) is 0 Å². The van der Waals surface area contributed by atoms with Crippen molar-refractivity contribution in [2.45, 2.75) is 31.7 Å². The molecule has 0 saturated heterocycles. The average molecular weight is 350 g/mol. The largest absolute Gasteiger partial charge is 0.377 e. The standard InChI is InChI=1S/C11H12FIN2O2/c12-8-5-10(14-7-3-1-2-4-7)11(15(16)17)6-9(8)13/h5-7,14H,1-4H2. The third-order valence-electron chi connectivity index (χ3n) is 2.95. The smallest absolute Gasteiger partial charge is 0.293 e. The Balaban J connectivity index is 2.29. The molecule has 0 unspecified atom stereocenters. The molecule has 1 saturated carbocycles. The molecule has 4 nitrogen and oxygen atoms in total. The van der Waals surface area contributed by atoms with E-state index in [0.717, 1.165) is 25.7 Å². The van der Waals surface area contributed by atoms with Gasteiger partial charge in [0, 0.05) is 18.2 Å². The van der Waals surface area contributed by atoms with Crippen molar-refractivity contribution in [3.05, 3.63) is 31.6 Å². The lowest BCUT2D eigenvalue weighted by Crippen LogP contribution is -2.15. The summed E-state index contributed by atoms with van der Waals surface area (Å²) in [5.74, 6) is -0.420. The average Bonchev–Trinajstić information content (AvgIpc) is 2.75. The summed E-state index contributed by atoms with van der Waals surface area (Å²) in [5.41, 5.74) is 0.238. The molecule has 1 aliphatic carbocycles. The predicted octanol–water partition coefficient (Wildman–Crippen LogP) is 3.69. The summed E-state index contributed by atoms with van der Waals surface area (Å²) >= 11 is 1.76. The fraction of sp³-hybridized carbons (Fsp3) is 0.455. The highest BCUT2D eigenvalue weighted by Crippen LogP contribution is 2.31. The molecule has 0 spiro atoms. The molecule has 0 amide bonds. The maximum atomic E-state index is 13.4. The Labute approximate surface area is 112 Å². The third kappa shape index (κ3) is 2.85. The van der Waals surface area contributed by atoms with Gasteiger partial charge in [-0.15, -0.1) is 0 Å². The van der Waals surface area contributed by atoms with Crippen LogP contribution in [0.1, 0.15) is 25.7 Å². The molecule has 92 valence electrons. The first-order valence-corrected chi connectivity index (χ1v) is 6.56. The van der Waals surface area contributed by atoms with E-state index in [1.165, 1.54) is 12.1 Å². The molecule has 17 heavy (non-hydrogen) atoms. The lowest BCUT2D eigenvalue weighted by Gasteiger charge is -2.13. The van der Waals surface area contributed by atoms with Gasteiger partial charge in [-0.25, -0.2) is 4.39 Å². The molecule has 0 aromatic heterocycles. The highest BCUT2D eigenvalue weighted by atomic mass is 127. The summed E-state index contributed by atoms with van der Waals surface area (Å²) in [7, 11) is 0. The number of nitrogens with zero attached hydrogens (tertiary/aromatic N) is 1. The van der Waals surface area contributed by atoms with Crippen LogP contribution < -0.4 is 5.32 Å². The quantitative estimate of drug-likeness (QED) is 0.514. The number of rotatable bonds is 3. The van der Waals surface area contributed by atoms with Crippen molar-refractivity contribution >= 4 is 34.0 Å². The summed E-state index contributed by atoms with van der Waals surface area (Å²) in [6.07, 6.45) is 4.23. The number of anilines is 1. The minimum atomic E-state index is -0.473. The van der Waals surface area contributed by atoms with Crippen LogP contribution in [0.4, 0.5) is 15.8 Å². The van der Waals surface area contributed by atoms with Crippen LogP contribution in [0.25, 0.3) is 0 Å². The molecular weight excluding hydrogens is 338 g/mol. The van der Waals surface area contributed by atoms with Gasteiger partial charge in [0.15, 0.2) is 0 Å². The highest BCUT2D eigenvalue weighted by molar-refractivity contribution is 14.1. The Morgan fingerprint density at radius 3 is 2.65 bits per heavy atom. The molecule has 0 radical (unpaired) electrons. The van der Waals surface area contributed by atoms with Crippen LogP contribution in [-0.2, 0) is 0 Å². The van der Waals surface area contributed by atoms with E-state index >= 15 is 0 Å². The van der Waals surface area contributed by atoms with Gasteiger partial charge in [0.05, 0.1) is 8.49 Å². The van der Waals surface area contributed by atoms with E-state index in [-0.39, 0.29) is 15.3 Å². The van der Waals surface area contributed by atoms with E-state index < -0.39 is 10.7 Å². The topological polar surface area (TPSA) is 55.2 Å². The Bertz CT molecular complexity index is 447. The first-order chi connectivity index (χ1) is 8.08. The highest BCUT2D eigenvalue weighted by Gasteiger charge is 2.21. The van der Waals surface area contributed by atoms with Crippen molar-refractivity contribution in [1.82, 2.24) is 0 Å². The number of nitro benzene ring substituents is 1. The maximum Gasteiger partial charge on any atom is 0.293 e. The Morgan fingerprint density at radius 2 is 2.06 bits per heavy atom. The first kappa shape index (κ1) is 12.5. The van der Waals surface area contributed by atoms with Crippen molar-refractivity contribution in [3.8, 4) is 0 Å². The minimum Gasteiger partial charge on any atom is -0.377 e. The van der Waals surface area contributed by atoms with Crippen LogP contribution in [0.2, 0.25) is 0 Å². The van der Waals surface area contributed by atoms with Gasteiger partial charge in [-0.1, -0.05) is 12.8 Å². The van der Waals surface area contributed by atoms with Crippen molar-refractivity contribution in [2.24, 2.45) is 0 Å². The number of benzene rings is 1. The second kappa shape index (κ2) is 5.16. The zero-order valence-electron chi connectivity index (χ0n) is 9.08. The van der Waals surface area contributed by atoms with Crippen molar-refractivity contribution < 1.29 is 9.31 Å². The fourth-order valence-electron chi connectivity index (χ4n) is 2.09. The summed E-state index contributed by atoms with van der Waals surface area (Å²) in [6.45, 7) is 0. The van der Waals surface area contributed by atoms with Crippen LogP contribution in [0, 0.1) is 19.5 Å². The van der Waals surface area contributed by atoms with Gasteiger partial charge < -0.3 is 5.32 Å². The molecule has 1 fully saturated rings. The van der Waals surface area contributed by atoms with Crippen LogP contribution in [0.15, 0.2) is 12.1 Å². The normalized spacial score (nSPS) is 16.1. The molecule has 1 aliphatic rings. The number of hydrogen-bond donors (Lipinski definition) is 1. The lowest BCUT2D eigenvalue weighted by molar-refractivity contribution is -0.384. The lowest BCUT2D eigenvalue weighted by atomic mass is 10.2. The number of hydrogen-bond acceptors (Lipinski definition) is 3. The molecule has 2 rings (SSSR count).